The molecule has 0 bridgehead atoms. The van der Waals surface area contributed by atoms with E-state index in [0.29, 0.717) is 6.54 Å². The van der Waals surface area contributed by atoms with E-state index in [0.717, 1.165) is 39.1 Å². The van der Waals surface area contributed by atoms with Crippen molar-refractivity contribution in [1.29, 1.82) is 0 Å². The third kappa shape index (κ3) is 4.33. The standard InChI is InChI=1S/C13H23N5O/c1-12(17-10-6-14-7-11-17)13(19)15-4-2-8-18-9-3-5-16-18/h3,5,9,12,14H,2,4,6-8,10-11H2,1H3,(H,15,19). The van der Waals surface area contributed by atoms with Gasteiger partial charge < -0.3 is 10.6 Å². The van der Waals surface area contributed by atoms with Gasteiger partial charge >= 0.3 is 0 Å². The minimum absolute atomic E-state index is 0.0354. The van der Waals surface area contributed by atoms with E-state index in [1.165, 1.54) is 0 Å². The van der Waals surface area contributed by atoms with Gasteiger partial charge in [-0.25, -0.2) is 0 Å². The number of aromatic nitrogens is 2. The first-order valence-electron chi connectivity index (χ1n) is 6.97. The third-order valence-electron chi connectivity index (χ3n) is 3.50. The highest BCUT2D eigenvalue weighted by atomic mass is 16.2. The normalized spacial score (nSPS) is 18.2. The van der Waals surface area contributed by atoms with Gasteiger partial charge in [-0.1, -0.05) is 0 Å². The Kier molecular flexibility index (Phi) is 5.35. The Morgan fingerprint density at radius 1 is 1.47 bits per heavy atom. The van der Waals surface area contributed by atoms with Crippen LogP contribution in [0.1, 0.15) is 13.3 Å². The van der Waals surface area contributed by atoms with Crippen LogP contribution < -0.4 is 10.6 Å². The fraction of sp³-hybridized carbons (Fsp3) is 0.692. The summed E-state index contributed by atoms with van der Waals surface area (Å²) in [5.74, 6) is 0.127. The Morgan fingerprint density at radius 3 is 2.95 bits per heavy atom. The maximum absolute atomic E-state index is 12.0. The largest absolute Gasteiger partial charge is 0.355 e. The number of carbonyl (C=O) groups is 1. The summed E-state index contributed by atoms with van der Waals surface area (Å²) in [6, 6.07) is 1.87. The molecule has 0 aliphatic carbocycles. The van der Waals surface area contributed by atoms with E-state index in [9.17, 15) is 4.79 Å². The van der Waals surface area contributed by atoms with Crippen molar-refractivity contribution in [2.75, 3.05) is 32.7 Å². The zero-order valence-corrected chi connectivity index (χ0v) is 11.5. The van der Waals surface area contributed by atoms with Crippen LogP contribution in [-0.2, 0) is 11.3 Å². The highest BCUT2D eigenvalue weighted by molar-refractivity contribution is 5.81. The lowest BCUT2D eigenvalue weighted by atomic mass is 10.2. The van der Waals surface area contributed by atoms with Gasteiger partial charge in [0.05, 0.1) is 6.04 Å². The molecule has 2 heterocycles. The predicted molar refractivity (Wildman–Crippen MR) is 73.8 cm³/mol. The van der Waals surface area contributed by atoms with E-state index in [2.05, 4.69) is 20.6 Å². The molecule has 1 aromatic rings. The summed E-state index contributed by atoms with van der Waals surface area (Å²) >= 11 is 0. The number of nitrogens with one attached hydrogen (secondary N) is 2. The van der Waals surface area contributed by atoms with Crippen LogP contribution in [0.5, 0.6) is 0 Å². The van der Waals surface area contributed by atoms with Gasteiger partial charge in [-0.05, 0) is 19.4 Å². The number of rotatable bonds is 6. The first-order valence-corrected chi connectivity index (χ1v) is 6.97. The Hall–Kier alpha value is -1.40. The van der Waals surface area contributed by atoms with Gasteiger partial charge in [0.15, 0.2) is 0 Å². The molecule has 1 amide bonds. The summed E-state index contributed by atoms with van der Waals surface area (Å²) in [6.45, 7) is 7.36. The van der Waals surface area contributed by atoms with E-state index in [4.69, 9.17) is 0 Å². The maximum Gasteiger partial charge on any atom is 0.237 e. The summed E-state index contributed by atoms with van der Waals surface area (Å²) in [5, 5.41) is 10.4. The quantitative estimate of drug-likeness (QED) is 0.692. The minimum atomic E-state index is -0.0354. The van der Waals surface area contributed by atoms with Gasteiger partial charge in [-0.15, -0.1) is 0 Å². The molecule has 19 heavy (non-hydrogen) atoms. The van der Waals surface area contributed by atoms with Crippen LogP contribution in [0.2, 0.25) is 0 Å². The fourth-order valence-corrected chi connectivity index (χ4v) is 2.27. The van der Waals surface area contributed by atoms with Crippen molar-refractivity contribution in [3.8, 4) is 0 Å². The van der Waals surface area contributed by atoms with Crippen LogP contribution >= 0.6 is 0 Å². The summed E-state index contributed by atoms with van der Waals surface area (Å²) in [5.41, 5.74) is 0. The molecule has 1 aliphatic rings. The first-order chi connectivity index (χ1) is 9.27. The molecule has 1 aromatic heterocycles. The monoisotopic (exact) mass is 265 g/mol. The van der Waals surface area contributed by atoms with Crippen LogP contribution in [0.3, 0.4) is 0 Å². The van der Waals surface area contributed by atoms with Gasteiger partial charge in [-0.2, -0.15) is 5.10 Å². The third-order valence-corrected chi connectivity index (χ3v) is 3.50. The van der Waals surface area contributed by atoms with Crippen LogP contribution in [0.4, 0.5) is 0 Å². The molecule has 1 unspecified atom stereocenters. The van der Waals surface area contributed by atoms with E-state index < -0.39 is 0 Å². The van der Waals surface area contributed by atoms with Crippen molar-refractivity contribution in [3.63, 3.8) is 0 Å². The molecule has 1 saturated heterocycles. The summed E-state index contributed by atoms with van der Waals surface area (Å²) < 4.78 is 1.88. The Balaban J connectivity index is 1.63. The van der Waals surface area contributed by atoms with Gasteiger partial charge in [0.1, 0.15) is 0 Å². The van der Waals surface area contributed by atoms with Crippen molar-refractivity contribution < 1.29 is 4.79 Å². The molecule has 1 aliphatic heterocycles. The minimum Gasteiger partial charge on any atom is -0.355 e. The molecular formula is C13H23N5O. The van der Waals surface area contributed by atoms with E-state index in [-0.39, 0.29) is 11.9 Å². The number of hydrogen-bond acceptors (Lipinski definition) is 4. The Labute approximate surface area is 114 Å². The van der Waals surface area contributed by atoms with Crippen molar-refractivity contribution in [2.24, 2.45) is 0 Å². The number of aryl methyl sites for hydroxylation is 1. The fourth-order valence-electron chi connectivity index (χ4n) is 2.27. The molecule has 6 heteroatoms. The van der Waals surface area contributed by atoms with Crippen molar-refractivity contribution in [2.45, 2.75) is 25.9 Å². The molecule has 0 saturated carbocycles. The Bertz CT molecular complexity index is 372. The average Bonchev–Trinajstić information content (AvgIpc) is 2.96. The molecular weight excluding hydrogens is 242 g/mol. The van der Waals surface area contributed by atoms with Gasteiger partial charge in [0, 0.05) is 51.7 Å². The number of nitrogens with zero attached hydrogens (tertiary/aromatic N) is 3. The summed E-state index contributed by atoms with van der Waals surface area (Å²) in [6.07, 6.45) is 4.61. The number of hydrogen-bond donors (Lipinski definition) is 2. The lowest BCUT2D eigenvalue weighted by Crippen LogP contribution is -2.52. The molecule has 106 valence electrons. The smallest absolute Gasteiger partial charge is 0.237 e. The van der Waals surface area contributed by atoms with Crippen LogP contribution in [0.15, 0.2) is 18.5 Å². The van der Waals surface area contributed by atoms with E-state index in [1.807, 2.05) is 23.9 Å². The molecule has 0 spiro atoms. The Morgan fingerprint density at radius 2 is 2.26 bits per heavy atom. The maximum atomic E-state index is 12.0. The number of amides is 1. The highest BCUT2D eigenvalue weighted by Crippen LogP contribution is 2.01. The number of carbonyl (C=O) groups excluding carboxylic acids is 1. The topological polar surface area (TPSA) is 62.2 Å². The predicted octanol–water partition coefficient (Wildman–Crippen LogP) is -0.317. The second-order valence-corrected chi connectivity index (χ2v) is 4.88. The van der Waals surface area contributed by atoms with E-state index in [1.54, 1.807) is 6.20 Å². The van der Waals surface area contributed by atoms with Crippen LogP contribution in [-0.4, -0.2) is 59.4 Å². The highest BCUT2D eigenvalue weighted by Gasteiger charge is 2.21. The molecule has 0 radical (unpaired) electrons. The number of piperazine rings is 1. The molecule has 1 fully saturated rings. The van der Waals surface area contributed by atoms with Crippen molar-refractivity contribution in [3.05, 3.63) is 18.5 Å². The second-order valence-electron chi connectivity index (χ2n) is 4.88. The lowest BCUT2D eigenvalue weighted by Gasteiger charge is -2.31. The molecule has 2 N–H and O–H groups in total. The molecule has 6 nitrogen and oxygen atoms in total. The lowest BCUT2D eigenvalue weighted by molar-refractivity contribution is -0.126. The SMILES string of the molecule is CC(C(=O)NCCCn1cccn1)N1CCNCC1. The van der Waals surface area contributed by atoms with Gasteiger partial charge in [0.25, 0.3) is 0 Å². The zero-order valence-electron chi connectivity index (χ0n) is 11.5. The van der Waals surface area contributed by atoms with Gasteiger partial charge in [-0.3, -0.25) is 14.4 Å². The average molecular weight is 265 g/mol. The van der Waals surface area contributed by atoms with Crippen LogP contribution in [0.25, 0.3) is 0 Å². The van der Waals surface area contributed by atoms with Gasteiger partial charge in [0.2, 0.25) is 5.91 Å². The molecule has 1 atom stereocenters. The van der Waals surface area contributed by atoms with Crippen molar-refractivity contribution >= 4 is 5.91 Å². The molecule has 0 aromatic carbocycles. The second kappa shape index (κ2) is 7.25. The summed E-state index contributed by atoms with van der Waals surface area (Å²) in [4.78, 5) is 14.2. The van der Waals surface area contributed by atoms with Crippen molar-refractivity contribution in [1.82, 2.24) is 25.3 Å². The summed E-state index contributed by atoms with van der Waals surface area (Å²) in [7, 11) is 0. The molecule has 2 rings (SSSR count). The van der Waals surface area contributed by atoms with Crippen LogP contribution in [0, 0.1) is 0 Å². The van der Waals surface area contributed by atoms with E-state index >= 15 is 0 Å². The first kappa shape index (κ1) is 14.0. The zero-order chi connectivity index (χ0) is 13.5.